The maximum atomic E-state index is 4.78. The van der Waals surface area contributed by atoms with Crippen LogP contribution < -0.4 is 10.6 Å². The zero-order chi connectivity index (χ0) is 18.4. The van der Waals surface area contributed by atoms with E-state index in [4.69, 9.17) is 4.99 Å². The van der Waals surface area contributed by atoms with Crippen molar-refractivity contribution >= 4 is 5.96 Å². The van der Waals surface area contributed by atoms with Gasteiger partial charge < -0.3 is 10.6 Å². The van der Waals surface area contributed by atoms with E-state index >= 15 is 0 Å². The van der Waals surface area contributed by atoms with Crippen LogP contribution in [0.2, 0.25) is 0 Å². The highest BCUT2D eigenvalue weighted by Crippen LogP contribution is 2.18. The molecule has 2 N–H and O–H groups in total. The molecular formula is C20H31N5. The quantitative estimate of drug-likeness (QED) is 0.626. The topological polar surface area (TPSA) is 54.2 Å². The molecule has 25 heavy (non-hydrogen) atoms. The Labute approximate surface area is 151 Å². The summed E-state index contributed by atoms with van der Waals surface area (Å²) in [6.07, 6.45) is 0. The Morgan fingerprint density at radius 1 is 1.20 bits per heavy atom. The Morgan fingerprint density at radius 3 is 2.44 bits per heavy atom. The maximum absolute atomic E-state index is 4.78. The molecule has 2 atom stereocenters. The van der Waals surface area contributed by atoms with Gasteiger partial charge in [-0.25, -0.2) is 4.99 Å². The summed E-state index contributed by atoms with van der Waals surface area (Å²) in [7, 11) is 1.97. The van der Waals surface area contributed by atoms with Crippen molar-refractivity contribution in [2.75, 3.05) is 6.54 Å². The SMILES string of the molecule is CCNC(=NCc1c(C)nn(C)c1C)NC(C)C(C)c1ccccc1. The first kappa shape index (κ1) is 19.0. The van der Waals surface area contributed by atoms with Gasteiger partial charge in [0.25, 0.3) is 0 Å². The van der Waals surface area contributed by atoms with Crippen LogP contribution in [0.3, 0.4) is 0 Å². The minimum Gasteiger partial charge on any atom is -0.357 e. The molecule has 1 aromatic carbocycles. The molecule has 0 amide bonds. The third-order valence-corrected chi connectivity index (χ3v) is 4.84. The fraction of sp³-hybridized carbons (Fsp3) is 0.500. The standard InChI is InChI=1S/C20H31N5/c1-7-21-20(22-13-19-16(4)24-25(6)17(19)5)23-15(3)14(2)18-11-9-8-10-12-18/h8-12,14-15H,7,13H2,1-6H3,(H2,21,22,23). The molecule has 5 heteroatoms. The highest BCUT2D eigenvalue weighted by molar-refractivity contribution is 5.80. The normalized spacial score (nSPS) is 14.2. The van der Waals surface area contributed by atoms with E-state index in [1.165, 1.54) is 16.8 Å². The van der Waals surface area contributed by atoms with Gasteiger partial charge in [0, 0.05) is 36.8 Å². The summed E-state index contributed by atoms with van der Waals surface area (Å²) in [6, 6.07) is 10.9. The molecule has 0 aliphatic rings. The first-order valence-electron chi connectivity index (χ1n) is 9.02. The number of benzene rings is 1. The Hall–Kier alpha value is -2.30. The number of aryl methyl sites for hydroxylation is 2. The van der Waals surface area contributed by atoms with Crippen LogP contribution in [0.25, 0.3) is 0 Å². The molecule has 1 aromatic heterocycles. The van der Waals surface area contributed by atoms with Gasteiger partial charge in [0.15, 0.2) is 5.96 Å². The van der Waals surface area contributed by atoms with Crippen molar-refractivity contribution in [1.29, 1.82) is 0 Å². The maximum Gasteiger partial charge on any atom is 0.191 e. The number of guanidine groups is 1. The van der Waals surface area contributed by atoms with Crippen molar-refractivity contribution in [3.63, 3.8) is 0 Å². The summed E-state index contributed by atoms with van der Waals surface area (Å²) < 4.78 is 1.92. The molecule has 0 radical (unpaired) electrons. The van der Waals surface area contributed by atoms with Crippen LogP contribution in [0.1, 0.15) is 49.2 Å². The monoisotopic (exact) mass is 341 g/mol. The van der Waals surface area contributed by atoms with Crippen LogP contribution in [-0.2, 0) is 13.6 Å². The van der Waals surface area contributed by atoms with Gasteiger partial charge >= 0.3 is 0 Å². The first-order valence-corrected chi connectivity index (χ1v) is 9.02. The Bertz CT molecular complexity index is 702. The molecule has 2 aromatic rings. The van der Waals surface area contributed by atoms with Crippen molar-refractivity contribution in [2.45, 2.75) is 53.1 Å². The molecule has 0 aliphatic heterocycles. The van der Waals surface area contributed by atoms with E-state index in [9.17, 15) is 0 Å². The average molecular weight is 342 g/mol. The lowest BCUT2D eigenvalue weighted by Gasteiger charge is -2.24. The van der Waals surface area contributed by atoms with Crippen molar-refractivity contribution in [2.24, 2.45) is 12.0 Å². The lowest BCUT2D eigenvalue weighted by molar-refractivity contribution is 0.550. The molecule has 2 unspecified atom stereocenters. The summed E-state index contributed by atoms with van der Waals surface area (Å²) in [5.74, 6) is 1.24. The molecule has 0 saturated carbocycles. The van der Waals surface area contributed by atoms with E-state index in [1.54, 1.807) is 0 Å². The molecule has 0 fully saturated rings. The van der Waals surface area contributed by atoms with Gasteiger partial charge in [0.1, 0.15) is 0 Å². The number of nitrogens with zero attached hydrogens (tertiary/aromatic N) is 3. The predicted molar refractivity (Wildman–Crippen MR) is 105 cm³/mol. The average Bonchev–Trinajstić information content (AvgIpc) is 2.85. The second kappa shape index (κ2) is 8.70. The third-order valence-electron chi connectivity index (χ3n) is 4.84. The summed E-state index contributed by atoms with van der Waals surface area (Å²) in [5.41, 5.74) is 4.74. The summed E-state index contributed by atoms with van der Waals surface area (Å²) in [4.78, 5) is 4.78. The molecule has 0 spiro atoms. The highest BCUT2D eigenvalue weighted by atomic mass is 15.3. The first-order chi connectivity index (χ1) is 11.9. The number of nitrogens with one attached hydrogen (secondary N) is 2. The Morgan fingerprint density at radius 2 is 1.88 bits per heavy atom. The number of rotatable bonds is 6. The molecule has 0 saturated heterocycles. The van der Waals surface area contributed by atoms with Gasteiger partial charge in [-0.1, -0.05) is 37.3 Å². The minimum atomic E-state index is 0.274. The highest BCUT2D eigenvalue weighted by Gasteiger charge is 2.16. The molecule has 5 nitrogen and oxygen atoms in total. The van der Waals surface area contributed by atoms with Gasteiger partial charge in [-0.3, -0.25) is 4.68 Å². The molecule has 136 valence electrons. The lowest BCUT2D eigenvalue weighted by atomic mass is 9.94. The van der Waals surface area contributed by atoms with Gasteiger partial charge in [-0.2, -0.15) is 5.10 Å². The molecular weight excluding hydrogens is 310 g/mol. The third kappa shape index (κ3) is 4.84. The van der Waals surface area contributed by atoms with Gasteiger partial charge in [0.05, 0.1) is 12.2 Å². The van der Waals surface area contributed by atoms with Crippen LogP contribution in [0, 0.1) is 13.8 Å². The van der Waals surface area contributed by atoms with Crippen molar-refractivity contribution in [1.82, 2.24) is 20.4 Å². The predicted octanol–water partition coefficient (Wildman–Crippen LogP) is 3.28. The van der Waals surface area contributed by atoms with Crippen LogP contribution in [0.15, 0.2) is 35.3 Å². The minimum absolute atomic E-state index is 0.274. The van der Waals surface area contributed by atoms with Crippen molar-refractivity contribution in [3.05, 3.63) is 52.8 Å². The van der Waals surface area contributed by atoms with Gasteiger partial charge in [-0.05, 0) is 33.3 Å². The summed E-state index contributed by atoms with van der Waals surface area (Å²) in [5, 5.41) is 11.4. The van der Waals surface area contributed by atoms with Crippen molar-refractivity contribution in [3.8, 4) is 0 Å². The smallest absolute Gasteiger partial charge is 0.191 e. The molecule has 2 rings (SSSR count). The second-order valence-corrected chi connectivity index (χ2v) is 6.60. The summed E-state index contributed by atoms with van der Waals surface area (Å²) >= 11 is 0. The van der Waals surface area contributed by atoms with Crippen LogP contribution >= 0.6 is 0 Å². The van der Waals surface area contributed by atoms with E-state index in [0.717, 1.165) is 18.2 Å². The van der Waals surface area contributed by atoms with Crippen molar-refractivity contribution < 1.29 is 0 Å². The van der Waals surface area contributed by atoms with E-state index in [-0.39, 0.29) is 6.04 Å². The molecule has 1 heterocycles. The van der Waals surface area contributed by atoms with Crippen LogP contribution in [0.5, 0.6) is 0 Å². The zero-order valence-electron chi connectivity index (χ0n) is 16.3. The van der Waals surface area contributed by atoms with E-state index in [2.05, 4.69) is 73.8 Å². The Kier molecular flexibility index (Phi) is 6.62. The molecule has 0 aliphatic carbocycles. The molecule has 0 bridgehead atoms. The van der Waals surface area contributed by atoms with Crippen LogP contribution in [0.4, 0.5) is 0 Å². The van der Waals surface area contributed by atoms with Gasteiger partial charge in [-0.15, -0.1) is 0 Å². The zero-order valence-corrected chi connectivity index (χ0v) is 16.3. The number of aromatic nitrogens is 2. The summed E-state index contributed by atoms with van der Waals surface area (Å²) in [6.45, 7) is 12.1. The van der Waals surface area contributed by atoms with E-state index < -0.39 is 0 Å². The number of hydrogen-bond acceptors (Lipinski definition) is 2. The largest absolute Gasteiger partial charge is 0.357 e. The van der Waals surface area contributed by atoms with Crippen LogP contribution in [-0.4, -0.2) is 28.3 Å². The fourth-order valence-electron chi connectivity index (χ4n) is 2.91. The second-order valence-electron chi connectivity index (χ2n) is 6.60. The van der Waals surface area contributed by atoms with Gasteiger partial charge in [0.2, 0.25) is 0 Å². The lowest BCUT2D eigenvalue weighted by Crippen LogP contribution is -2.44. The number of hydrogen-bond donors (Lipinski definition) is 2. The van der Waals surface area contributed by atoms with E-state index in [1.807, 2.05) is 18.7 Å². The number of aliphatic imine (C=N–C) groups is 1. The fourth-order valence-corrected chi connectivity index (χ4v) is 2.91. The van der Waals surface area contributed by atoms with E-state index in [0.29, 0.717) is 12.5 Å². The Balaban J connectivity index is 2.09.